The van der Waals surface area contributed by atoms with Crippen LogP contribution in [0.4, 0.5) is 5.69 Å². The third kappa shape index (κ3) is 2.79. The van der Waals surface area contributed by atoms with Crippen LogP contribution < -0.4 is 10.1 Å². The van der Waals surface area contributed by atoms with Crippen LogP contribution in [0.2, 0.25) is 0 Å². The van der Waals surface area contributed by atoms with Crippen LogP contribution in [0.1, 0.15) is 19.3 Å². The molecular weight excluding hydrogens is 224 g/mol. The van der Waals surface area contributed by atoms with Crippen molar-refractivity contribution in [3.05, 3.63) is 18.3 Å². The Morgan fingerprint density at radius 2 is 2.38 bits per heavy atom. The van der Waals surface area contributed by atoms with Crippen molar-refractivity contribution in [2.75, 3.05) is 24.9 Å². The zero-order chi connectivity index (χ0) is 11.4. The Hall–Kier alpha value is -0.960. The van der Waals surface area contributed by atoms with E-state index in [0.717, 1.165) is 24.5 Å². The molecule has 0 aliphatic heterocycles. The summed E-state index contributed by atoms with van der Waals surface area (Å²) in [7, 11) is 1.63. The summed E-state index contributed by atoms with van der Waals surface area (Å²) in [5, 5.41) is 3.43. The summed E-state index contributed by atoms with van der Waals surface area (Å²) in [5.41, 5.74) is 1.51. The van der Waals surface area contributed by atoms with E-state index in [1.807, 2.05) is 12.1 Å². The Balaban J connectivity index is 1.89. The van der Waals surface area contributed by atoms with Gasteiger partial charge in [0.05, 0.1) is 7.11 Å². The Labute approximate surface area is 101 Å². The molecule has 2 rings (SSSR count). The molecule has 1 N–H and O–H groups in total. The average Bonchev–Trinajstić information content (AvgIpc) is 3.08. The minimum atomic E-state index is 0.443. The standard InChI is InChI=1S/C12H17ClN2O/c1-16-11-8-10(2-7-14-11)15-9-12(3-4-12)5-6-13/h2,7-8H,3-6,9H2,1H3,(H,14,15). The molecule has 1 fully saturated rings. The predicted molar refractivity (Wildman–Crippen MR) is 66.3 cm³/mol. The summed E-state index contributed by atoms with van der Waals surface area (Å²) in [6, 6.07) is 3.87. The highest BCUT2D eigenvalue weighted by Crippen LogP contribution is 2.48. The number of hydrogen-bond donors (Lipinski definition) is 1. The second-order valence-corrected chi connectivity index (χ2v) is 4.76. The van der Waals surface area contributed by atoms with Gasteiger partial charge >= 0.3 is 0 Å². The summed E-state index contributed by atoms with van der Waals surface area (Å²) in [4.78, 5) is 4.07. The molecule has 1 heterocycles. The van der Waals surface area contributed by atoms with Crippen molar-refractivity contribution in [3.8, 4) is 5.88 Å². The first kappa shape index (κ1) is 11.5. The number of ether oxygens (including phenoxy) is 1. The van der Waals surface area contributed by atoms with Crippen molar-refractivity contribution in [1.29, 1.82) is 0 Å². The van der Waals surface area contributed by atoms with E-state index < -0.39 is 0 Å². The van der Waals surface area contributed by atoms with Gasteiger partial charge in [-0.25, -0.2) is 4.98 Å². The molecule has 0 unspecified atom stereocenters. The quantitative estimate of drug-likeness (QED) is 0.777. The minimum absolute atomic E-state index is 0.443. The van der Waals surface area contributed by atoms with E-state index in [1.165, 1.54) is 12.8 Å². The third-order valence-corrected chi connectivity index (χ3v) is 3.38. The van der Waals surface area contributed by atoms with Crippen molar-refractivity contribution < 1.29 is 4.74 Å². The topological polar surface area (TPSA) is 34.1 Å². The number of aromatic nitrogens is 1. The first-order chi connectivity index (χ1) is 7.78. The van der Waals surface area contributed by atoms with Gasteiger partial charge in [0.2, 0.25) is 5.88 Å². The molecule has 16 heavy (non-hydrogen) atoms. The number of nitrogens with one attached hydrogen (secondary N) is 1. The van der Waals surface area contributed by atoms with Crippen LogP contribution in [0.25, 0.3) is 0 Å². The molecule has 88 valence electrons. The summed E-state index contributed by atoms with van der Waals surface area (Å²) in [6.45, 7) is 0.993. The molecule has 1 aromatic heterocycles. The smallest absolute Gasteiger partial charge is 0.214 e. The Bertz CT molecular complexity index is 353. The van der Waals surface area contributed by atoms with Crippen LogP contribution >= 0.6 is 11.6 Å². The van der Waals surface area contributed by atoms with Gasteiger partial charge < -0.3 is 10.1 Å². The first-order valence-corrected chi connectivity index (χ1v) is 6.11. The number of anilines is 1. The number of methoxy groups -OCH3 is 1. The van der Waals surface area contributed by atoms with Gasteiger partial charge in [0.1, 0.15) is 0 Å². The van der Waals surface area contributed by atoms with Crippen molar-refractivity contribution in [3.63, 3.8) is 0 Å². The van der Waals surface area contributed by atoms with Crippen LogP contribution in [0.5, 0.6) is 5.88 Å². The highest BCUT2D eigenvalue weighted by atomic mass is 35.5. The van der Waals surface area contributed by atoms with Crippen LogP contribution in [0.15, 0.2) is 18.3 Å². The highest BCUT2D eigenvalue weighted by Gasteiger charge is 2.41. The lowest BCUT2D eigenvalue weighted by atomic mass is 10.0. The lowest BCUT2D eigenvalue weighted by molar-refractivity contribution is 0.398. The molecule has 0 radical (unpaired) electrons. The Morgan fingerprint density at radius 3 is 3.00 bits per heavy atom. The lowest BCUT2D eigenvalue weighted by Gasteiger charge is -2.15. The minimum Gasteiger partial charge on any atom is -0.481 e. The Morgan fingerprint density at radius 1 is 1.56 bits per heavy atom. The maximum absolute atomic E-state index is 5.80. The highest BCUT2D eigenvalue weighted by molar-refractivity contribution is 6.17. The van der Waals surface area contributed by atoms with E-state index in [-0.39, 0.29) is 0 Å². The first-order valence-electron chi connectivity index (χ1n) is 5.58. The molecule has 1 aromatic rings. The number of hydrogen-bond acceptors (Lipinski definition) is 3. The molecule has 3 nitrogen and oxygen atoms in total. The van der Waals surface area contributed by atoms with Crippen LogP contribution in [-0.4, -0.2) is 24.5 Å². The monoisotopic (exact) mass is 240 g/mol. The van der Waals surface area contributed by atoms with Gasteiger partial charge in [-0.3, -0.25) is 0 Å². The molecule has 1 saturated carbocycles. The van der Waals surface area contributed by atoms with E-state index in [1.54, 1.807) is 13.3 Å². The van der Waals surface area contributed by atoms with Gasteiger partial charge in [-0.2, -0.15) is 0 Å². The molecular formula is C12H17ClN2O. The summed E-state index contributed by atoms with van der Waals surface area (Å²) in [6.07, 6.45) is 5.43. The van der Waals surface area contributed by atoms with Crippen molar-refractivity contribution in [2.24, 2.45) is 5.41 Å². The van der Waals surface area contributed by atoms with Crippen LogP contribution in [0.3, 0.4) is 0 Å². The number of rotatable bonds is 6. The van der Waals surface area contributed by atoms with Gasteiger partial charge in [-0.05, 0) is 30.7 Å². The van der Waals surface area contributed by atoms with E-state index in [2.05, 4.69) is 10.3 Å². The van der Waals surface area contributed by atoms with E-state index in [0.29, 0.717) is 11.3 Å². The predicted octanol–water partition coefficient (Wildman–Crippen LogP) is 2.91. The van der Waals surface area contributed by atoms with Crippen LogP contribution in [0, 0.1) is 5.41 Å². The SMILES string of the molecule is COc1cc(NCC2(CCCl)CC2)ccn1. The summed E-state index contributed by atoms with van der Waals surface area (Å²) in [5.74, 6) is 1.40. The Kier molecular flexibility index (Phi) is 3.54. The fraction of sp³-hybridized carbons (Fsp3) is 0.583. The van der Waals surface area contributed by atoms with Gasteiger partial charge in [-0.15, -0.1) is 11.6 Å². The lowest BCUT2D eigenvalue weighted by Crippen LogP contribution is -2.15. The number of halogens is 1. The third-order valence-electron chi connectivity index (χ3n) is 3.19. The summed E-state index contributed by atoms with van der Waals surface area (Å²) < 4.78 is 5.08. The normalized spacial score (nSPS) is 16.9. The molecule has 1 aliphatic rings. The molecule has 0 saturated heterocycles. The van der Waals surface area contributed by atoms with Gasteiger partial charge in [0.25, 0.3) is 0 Å². The molecule has 4 heteroatoms. The van der Waals surface area contributed by atoms with Crippen molar-refractivity contribution >= 4 is 17.3 Å². The molecule has 0 amide bonds. The van der Waals surface area contributed by atoms with Gasteiger partial charge in [-0.1, -0.05) is 0 Å². The molecule has 0 aromatic carbocycles. The zero-order valence-corrected chi connectivity index (χ0v) is 10.3. The molecule has 1 aliphatic carbocycles. The van der Waals surface area contributed by atoms with Gasteiger partial charge in [0.15, 0.2) is 0 Å². The second-order valence-electron chi connectivity index (χ2n) is 4.38. The van der Waals surface area contributed by atoms with E-state index in [9.17, 15) is 0 Å². The molecule has 0 atom stereocenters. The molecule has 0 spiro atoms. The second kappa shape index (κ2) is 4.91. The number of nitrogens with zero attached hydrogens (tertiary/aromatic N) is 1. The fourth-order valence-corrected chi connectivity index (χ4v) is 2.21. The average molecular weight is 241 g/mol. The zero-order valence-electron chi connectivity index (χ0n) is 9.50. The largest absolute Gasteiger partial charge is 0.481 e. The van der Waals surface area contributed by atoms with Crippen molar-refractivity contribution in [1.82, 2.24) is 4.98 Å². The number of pyridine rings is 1. The molecule has 0 bridgehead atoms. The number of alkyl halides is 1. The fourth-order valence-electron chi connectivity index (χ4n) is 1.81. The van der Waals surface area contributed by atoms with Crippen molar-refractivity contribution in [2.45, 2.75) is 19.3 Å². The van der Waals surface area contributed by atoms with Crippen LogP contribution in [-0.2, 0) is 0 Å². The van der Waals surface area contributed by atoms with E-state index >= 15 is 0 Å². The summed E-state index contributed by atoms with van der Waals surface area (Å²) >= 11 is 5.80. The van der Waals surface area contributed by atoms with E-state index in [4.69, 9.17) is 16.3 Å². The maximum Gasteiger partial charge on any atom is 0.214 e. The maximum atomic E-state index is 5.80. The van der Waals surface area contributed by atoms with Gasteiger partial charge in [0, 0.05) is 30.4 Å².